The lowest BCUT2D eigenvalue weighted by Gasteiger charge is -2.24. The Labute approximate surface area is 123 Å². The zero-order chi connectivity index (χ0) is 14.8. The van der Waals surface area contributed by atoms with Crippen molar-refractivity contribution in [3.05, 3.63) is 29.8 Å². The molecule has 0 bridgehead atoms. The van der Waals surface area contributed by atoms with Crippen LogP contribution in [0.15, 0.2) is 24.3 Å². The number of methoxy groups -OCH3 is 2. The Balaban J connectivity index is 2.48. The molecule has 1 atom stereocenters. The highest BCUT2D eigenvalue weighted by atomic mass is 16.5. The van der Waals surface area contributed by atoms with Crippen LogP contribution in [0.4, 0.5) is 0 Å². The van der Waals surface area contributed by atoms with Crippen molar-refractivity contribution in [2.75, 3.05) is 41.0 Å². The van der Waals surface area contributed by atoms with Crippen molar-refractivity contribution in [3.63, 3.8) is 0 Å². The first-order chi connectivity index (χ1) is 9.69. The lowest BCUT2D eigenvalue weighted by Crippen LogP contribution is -2.42. The van der Waals surface area contributed by atoms with E-state index in [1.165, 1.54) is 5.56 Å². The standard InChI is InChI=1S/C16H28N2O2/c1-5-9-17-15(13-19-3)12-18(2)11-14-7-6-8-16(10-14)20-4/h6-8,10,15,17H,5,9,11-13H2,1-4H3. The van der Waals surface area contributed by atoms with Crippen molar-refractivity contribution in [1.82, 2.24) is 10.2 Å². The summed E-state index contributed by atoms with van der Waals surface area (Å²) in [6.07, 6.45) is 1.14. The zero-order valence-electron chi connectivity index (χ0n) is 13.2. The number of rotatable bonds is 10. The van der Waals surface area contributed by atoms with E-state index in [1.807, 2.05) is 12.1 Å². The summed E-state index contributed by atoms with van der Waals surface area (Å²) in [6, 6.07) is 8.59. The molecule has 0 aliphatic rings. The molecule has 0 spiro atoms. The van der Waals surface area contributed by atoms with E-state index in [1.54, 1.807) is 14.2 Å². The van der Waals surface area contributed by atoms with Crippen LogP contribution >= 0.6 is 0 Å². The number of hydrogen-bond donors (Lipinski definition) is 1. The molecule has 114 valence electrons. The van der Waals surface area contributed by atoms with Gasteiger partial charge in [-0.3, -0.25) is 0 Å². The number of nitrogens with zero attached hydrogens (tertiary/aromatic N) is 1. The SMILES string of the molecule is CCCNC(COC)CN(C)Cc1cccc(OC)c1. The summed E-state index contributed by atoms with van der Waals surface area (Å²) in [5, 5.41) is 3.52. The molecule has 0 radical (unpaired) electrons. The summed E-state index contributed by atoms with van der Waals surface area (Å²) in [5.74, 6) is 0.911. The number of ether oxygens (including phenoxy) is 2. The highest BCUT2D eigenvalue weighted by Crippen LogP contribution is 2.13. The van der Waals surface area contributed by atoms with E-state index < -0.39 is 0 Å². The minimum atomic E-state index is 0.371. The molecule has 0 aromatic heterocycles. The van der Waals surface area contributed by atoms with Crippen LogP contribution in [0.5, 0.6) is 5.75 Å². The summed E-state index contributed by atoms with van der Waals surface area (Å²) in [6.45, 7) is 5.82. The first kappa shape index (κ1) is 17.0. The van der Waals surface area contributed by atoms with Gasteiger partial charge >= 0.3 is 0 Å². The van der Waals surface area contributed by atoms with Gasteiger partial charge in [-0.05, 0) is 37.7 Å². The van der Waals surface area contributed by atoms with Gasteiger partial charge in [-0.25, -0.2) is 0 Å². The first-order valence-corrected chi connectivity index (χ1v) is 7.23. The maximum atomic E-state index is 5.28. The predicted molar refractivity (Wildman–Crippen MR) is 83.3 cm³/mol. The maximum Gasteiger partial charge on any atom is 0.119 e. The average molecular weight is 280 g/mol. The molecule has 0 aliphatic carbocycles. The Kier molecular flexibility index (Phi) is 8.26. The second-order valence-corrected chi connectivity index (χ2v) is 5.15. The second-order valence-electron chi connectivity index (χ2n) is 5.15. The molecular formula is C16H28N2O2. The Morgan fingerprint density at radius 1 is 1.30 bits per heavy atom. The molecule has 0 fully saturated rings. The van der Waals surface area contributed by atoms with Gasteiger partial charge in [0.25, 0.3) is 0 Å². The highest BCUT2D eigenvalue weighted by molar-refractivity contribution is 5.28. The lowest BCUT2D eigenvalue weighted by molar-refractivity contribution is 0.144. The Morgan fingerprint density at radius 3 is 2.75 bits per heavy atom. The molecule has 0 amide bonds. The molecule has 0 aliphatic heterocycles. The van der Waals surface area contributed by atoms with Crippen LogP contribution in [0, 0.1) is 0 Å². The minimum Gasteiger partial charge on any atom is -0.497 e. The van der Waals surface area contributed by atoms with Crippen molar-refractivity contribution in [3.8, 4) is 5.75 Å². The van der Waals surface area contributed by atoms with Crippen LogP contribution in [-0.4, -0.2) is 51.9 Å². The van der Waals surface area contributed by atoms with Crippen LogP contribution in [0.25, 0.3) is 0 Å². The van der Waals surface area contributed by atoms with Gasteiger partial charge in [-0.15, -0.1) is 0 Å². The van der Waals surface area contributed by atoms with E-state index in [0.717, 1.165) is 38.4 Å². The summed E-state index contributed by atoms with van der Waals surface area (Å²) in [4.78, 5) is 2.31. The van der Waals surface area contributed by atoms with Crippen molar-refractivity contribution < 1.29 is 9.47 Å². The number of hydrogen-bond acceptors (Lipinski definition) is 4. The third kappa shape index (κ3) is 6.37. The van der Waals surface area contributed by atoms with Crippen molar-refractivity contribution in [1.29, 1.82) is 0 Å². The van der Waals surface area contributed by atoms with Gasteiger partial charge in [0.1, 0.15) is 5.75 Å². The van der Waals surface area contributed by atoms with Gasteiger partial charge in [0.2, 0.25) is 0 Å². The normalized spacial score (nSPS) is 12.7. The fourth-order valence-electron chi connectivity index (χ4n) is 2.25. The van der Waals surface area contributed by atoms with E-state index in [2.05, 4.69) is 36.3 Å². The van der Waals surface area contributed by atoms with Crippen LogP contribution in [0.2, 0.25) is 0 Å². The van der Waals surface area contributed by atoms with E-state index in [4.69, 9.17) is 9.47 Å². The molecule has 1 aromatic rings. The fraction of sp³-hybridized carbons (Fsp3) is 0.625. The number of benzene rings is 1. The third-order valence-electron chi connectivity index (χ3n) is 3.17. The van der Waals surface area contributed by atoms with Crippen molar-refractivity contribution in [2.24, 2.45) is 0 Å². The molecule has 0 saturated heterocycles. The second kappa shape index (κ2) is 9.75. The smallest absolute Gasteiger partial charge is 0.119 e. The van der Waals surface area contributed by atoms with Gasteiger partial charge in [-0.1, -0.05) is 19.1 Å². The number of likely N-dealkylation sites (N-methyl/N-ethyl adjacent to an activating group) is 1. The monoisotopic (exact) mass is 280 g/mol. The Morgan fingerprint density at radius 2 is 2.10 bits per heavy atom. The van der Waals surface area contributed by atoms with Crippen LogP contribution in [0.1, 0.15) is 18.9 Å². The summed E-state index contributed by atoms with van der Waals surface area (Å²) in [5.41, 5.74) is 1.26. The molecule has 1 aromatic carbocycles. The van der Waals surface area contributed by atoms with Gasteiger partial charge in [0.15, 0.2) is 0 Å². The topological polar surface area (TPSA) is 33.7 Å². The highest BCUT2D eigenvalue weighted by Gasteiger charge is 2.11. The molecule has 1 unspecified atom stereocenters. The third-order valence-corrected chi connectivity index (χ3v) is 3.17. The summed E-state index contributed by atoms with van der Waals surface area (Å²) >= 11 is 0. The fourth-order valence-corrected chi connectivity index (χ4v) is 2.25. The molecule has 1 rings (SSSR count). The molecule has 0 heterocycles. The van der Waals surface area contributed by atoms with E-state index >= 15 is 0 Å². The minimum absolute atomic E-state index is 0.371. The number of nitrogens with one attached hydrogen (secondary N) is 1. The predicted octanol–water partition coefficient (Wildman–Crippen LogP) is 2.14. The van der Waals surface area contributed by atoms with Crippen LogP contribution in [0.3, 0.4) is 0 Å². The Bertz CT molecular complexity index is 371. The van der Waals surface area contributed by atoms with Crippen molar-refractivity contribution in [2.45, 2.75) is 25.9 Å². The average Bonchev–Trinajstić information content (AvgIpc) is 2.45. The van der Waals surface area contributed by atoms with Gasteiger partial charge in [-0.2, -0.15) is 0 Å². The molecule has 1 N–H and O–H groups in total. The summed E-state index contributed by atoms with van der Waals surface area (Å²) in [7, 11) is 5.59. The van der Waals surface area contributed by atoms with Gasteiger partial charge in [0, 0.05) is 26.2 Å². The van der Waals surface area contributed by atoms with E-state index in [9.17, 15) is 0 Å². The molecule has 0 saturated carbocycles. The van der Waals surface area contributed by atoms with Gasteiger partial charge < -0.3 is 19.7 Å². The van der Waals surface area contributed by atoms with Crippen molar-refractivity contribution >= 4 is 0 Å². The van der Waals surface area contributed by atoms with E-state index in [0.29, 0.717) is 6.04 Å². The molecular weight excluding hydrogens is 252 g/mol. The first-order valence-electron chi connectivity index (χ1n) is 7.23. The maximum absolute atomic E-state index is 5.28. The lowest BCUT2D eigenvalue weighted by atomic mass is 10.2. The molecule has 4 nitrogen and oxygen atoms in total. The van der Waals surface area contributed by atoms with E-state index in [-0.39, 0.29) is 0 Å². The summed E-state index contributed by atoms with van der Waals surface area (Å²) < 4.78 is 10.5. The molecule has 20 heavy (non-hydrogen) atoms. The largest absolute Gasteiger partial charge is 0.497 e. The Hall–Kier alpha value is -1.10. The van der Waals surface area contributed by atoms with Crippen LogP contribution in [-0.2, 0) is 11.3 Å². The van der Waals surface area contributed by atoms with Gasteiger partial charge in [0.05, 0.1) is 13.7 Å². The quantitative estimate of drug-likeness (QED) is 0.712. The molecule has 4 heteroatoms. The van der Waals surface area contributed by atoms with Crippen LogP contribution < -0.4 is 10.1 Å². The zero-order valence-corrected chi connectivity index (χ0v) is 13.2.